The predicted octanol–water partition coefficient (Wildman–Crippen LogP) is 4.81. The van der Waals surface area contributed by atoms with Crippen molar-refractivity contribution in [3.05, 3.63) is 59.9 Å². The molecule has 35 heavy (non-hydrogen) atoms. The van der Waals surface area contributed by atoms with E-state index in [2.05, 4.69) is 0 Å². The number of nitrogens with zero attached hydrogens (tertiary/aromatic N) is 3. The van der Waals surface area contributed by atoms with Crippen LogP contribution in [-0.4, -0.2) is 48.5 Å². The molecule has 3 aliphatic rings. The number of methoxy groups -OCH3 is 1. The van der Waals surface area contributed by atoms with Gasteiger partial charge in [-0.15, -0.1) is 0 Å². The minimum Gasteiger partial charge on any atom is -0.453 e. The van der Waals surface area contributed by atoms with Crippen LogP contribution in [0.25, 0.3) is 0 Å². The molecule has 2 heterocycles. The number of hydrogen-bond donors (Lipinski definition) is 0. The maximum Gasteiger partial charge on any atom is 0.410 e. The highest BCUT2D eigenvalue weighted by Crippen LogP contribution is 2.45. The van der Waals surface area contributed by atoms with Gasteiger partial charge in [0.25, 0.3) is 11.8 Å². The Bertz CT molecular complexity index is 1130. The van der Waals surface area contributed by atoms with Gasteiger partial charge in [-0.2, -0.15) is 0 Å². The zero-order chi connectivity index (χ0) is 24.5. The van der Waals surface area contributed by atoms with Crippen molar-refractivity contribution >= 4 is 29.3 Å². The highest BCUT2D eigenvalue weighted by atomic mass is 19.1. The van der Waals surface area contributed by atoms with Crippen molar-refractivity contribution in [3.63, 3.8) is 0 Å². The minimum absolute atomic E-state index is 0.0740. The maximum atomic E-state index is 14.4. The number of rotatable bonds is 4. The predicted molar refractivity (Wildman–Crippen MR) is 130 cm³/mol. The summed E-state index contributed by atoms with van der Waals surface area (Å²) in [6.07, 6.45) is 5.62. The number of anilines is 2. The van der Waals surface area contributed by atoms with Crippen LogP contribution in [0.2, 0.25) is 0 Å². The van der Waals surface area contributed by atoms with Crippen molar-refractivity contribution in [1.29, 1.82) is 0 Å². The van der Waals surface area contributed by atoms with Gasteiger partial charge < -0.3 is 9.64 Å². The van der Waals surface area contributed by atoms with Gasteiger partial charge in [-0.05, 0) is 49.9 Å². The molecule has 0 bridgehead atoms. The highest BCUT2D eigenvalue weighted by molar-refractivity contribution is 6.13. The molecule has 8 heteroatoms. The first-order chi connectivity index (χ1) is 17.0. The molecule has 7 nitrogen and oxygen atoms in total. The van der Waals surface area contributed by atoms with E-state index in [1.54, 1.807) is 6.07 Å². The van der Waals surface area contributed by atoms with Crippen LogP contribution in [0.1, 0.15) is 56.6 Å². The Kier molecular flexibility index (Phi) is 6.45. The molecule has 0 N–H and O–H groups in total. The average molecular weight is 480 g/mol. The molecule has 0 radical (unpaired) electrons. The Morgan fingerprint density at radius 2 is 1.77 bits per heavy atom. The topological polar surface area (TPSA) is 70.2 Å². The lowest BCUT2D eigenvalue weighted by molar-refractivity contribution is -0.127. The second-order valence-electron chi connectivity index (χ2n) is 9.47. The number of likely N-dealkylation sites (tertiary alicyclic amines) is 1. The van der Waals surface area contributed by atoms with E-state index in [4.69, 9.17) is 4.74 Å². The van der Waals surface area contributed by atoms with Gasteiger partial charge in [-0.3, -0.25) is 19.4 Å². The molecule has 1 saturated heterocycles. The molecule has 0 unspecified atom stereocenters. The van der Waals surface area contributed by atoms with Gasteiger partial charge in [0.2, 0.25) is 0 Å². The summed E-state index contributed by atoms with van der Waals surface area (Å²) < 4.78 is 19.3. The summed E-state index contributed by atoms with van der Waals surface area (Å²) in [5.74, 6) is -1.09. The fraction of sp³-hybridized carbons (Fsp3) is 0.444. The number of carbonyl (C=O) groups excluding carboxylic acids is 3. The largest absolute Gasteiger partial charge is 0.453 e. The summed E-state index contributed by atoms with van der Waals surface area (Å²) in [4.78, 5) is 45.2. The molecule has 2 fully saturated rings. The van der Waals surface area contributed by atoms with Crippen molar-refractivity contribution in [2.75, 3.05) is 23.5 Å². The van der Waals surface area contributed by atoms with Crippen LogP contribution in [0.15, 0.2) is 48.5 Å². The van der Waals surface area contributed by atoms with Crippen LogP contribution in [0.4, 0.5) is 20.6 Å². The van der Waals surface area contributed by atoms with Crippen molar-refractivity contribution in [3.8, 4) is 0 Å². The van der Waals surface area contributed by atoms with Gasteiger partial charge in [0.15, 0.2) is 0 Å². The van der Waals surface area contributed by atoms with Crippen LogP contribution in [0.5, 0.6) is 0 Å². The highest BCUT2D eigenvalue weighted by Gasteiger charge is 2.48. The smallest absolute Gasteiger partial charge is 0.410 e. The first kappa shape index (κ1) is 23.3. The van der Waals surface area contributed by atoms with Crippen LogP contribution in [-0.2, 0) is 14.3 Å². The van der Waals surface area contributed by atoms with E-state index in [0.29, 0.717) is 25.1 Å². The molecule has 184 valence electrons. The van der Waals surface area contributed by atoms with E-state index in [0.717, 1.165) is 43.4 Å². The molecule has 0 spiro atoms. The number of carbonyl (C=O) groups is 3. The maximum absolute atomic E-state index is 14.4. The summed E-state index contributed by atoms with van der Waals surface area (Å²) in [6.45, 7) is 0.392. The number of hydrogen-bond acceptors (Lipinski definition) is 4. The minimum atomic E-state index is -0.928. The summed E-state index contributed by atoms with van der Waals surface area (Å²) in [5, 5.41) is 0. The SMILES string of the molecule is COC(=O)N1CCC[C@H]1C(=O)N(c1cccc(F)c1)[C@@H]1C(=O)N(C2CCCCC2)c2ccccc21. The Morgan fingerprint density at radius 3 is 2.51 bits per heavy atom. The molecule has 2 aliphatic heterocycles. The van der Waals surface area contributed by atoms with E-state index in [9.17, 15) is 18.8 Å². The van der Waals surface area contributed by atoms with Gasteiger partial charge in [-0.25, -0.2) is 9.18 Å². The number of fused-ring (bicyclic) bond motifs is 1. The third-order valence-electron chi connectivity index (χ3n) is 7.43. The zero-order valence-corrected chi connectivity index (χ0v) is 19.9. The molecule has 5 rings (SSSR count). The Morgan fingerprint density at radius 1 is 1.00 bits per heavy atom. The molecule has 1 aliphatic carbocycles. The average Bonchev–Trinajstić information content (AvgIpc) is 3.48. The molecule has 2 aromatic rings. The summed E-state index contributed by atoms with van der Waals surface area (Å²) >= 11 is 0. The molecule has 2 atom stereocenters. The van der Waals surface area contributed by atoms with Crippen molar-refractivity contribution in [2.45, 2.75) is 63.1 Å². The molecular weight excluding hydrogens is 449 g/mol. The zero-order valence-electron chi connectivity index (χ0n) is 19.9. The van der Waals surface area contributed by atoms with E-state index in [-0.39, 0.29) is 11.9 Å². The number of halogens is 1. The number of amides is 3. The lowest BCUT2D eigenvalue weighted by Crippen LogP contribution is -2.51. The summed E-state index contributed by atoms with van der Waals surface area (Å²) in [6, 6.07) is 11.7. The quantitative estimate of drug-likeness (QED) is 0.631. The molecule has 2 aromatic carbocycles. The normalized spacial score (nSPS) is 22.3. The summed E-state index contributed by atoms with van der Waals surface area (Å²) in [5.41, 5.74) is 1.83. The van der Waals surface area contributed by atoms with E-state index in [1.165, 1.54) is 35.1 Å². The van der Waals surface area contributed by atoms with Gasteiger partial charge in [0, 0.05) is 29.5 Å². The molecular formula is C27H30FN3O4. The second kappa shape index (κ2) is 9.68. The van der Waals surface area contributed by atoms with Gasteiger partial charge in [0.1, 0.15) is 17.9 Å². The third kappa shape index (κ3) is 4.15. The van der Waals surface area contributed by atoms with Crippen LogP contribution in [0, 0.1) is 5.82 Å². The fourth-order valence-corrected chi connectivity index (χ4v) is 5.84. The van der Waals surface area contributed by atoms with E-state index < -0.39 is 29.9 Å². The standard InChI is InChI=1S/C27H30FN3O4/c1-35-27(34)29-16-8-15-23(29)25(32)31(20-12-7-9-18(28)17-20)24-21-13-5-6-14-22(21)30(26(24)33)19-10-3-2-4-11-19/h5-7,9,12-14,17,19,23-24H,2-4,8,10-11,15-16H2,1H3/t23-,24-/m0/s1. The van der Waals surface area contributed by atoms with Crippen LogP contribution in [0.3, 0.4) is 0 Å². The van der Waals surface area contributed by atoms with Crippen LogP contribution >= 0.6 is 0 Å². The first-order valence-electron chi connectivity index (χ1n) is 12.4. The van der Waals surface area contributed by atoms with Gasteiger partial charge >= 0.3 is 6.09 Å². The summed E-state index contributed by atoms with van der Waals surface area (Å²) in [7, 11) is 1.28. The molecule has 0 aromatic heterocycles. The van der Waals surface area contributed by atoms with E-state index >= 15 is 0 Å². The molecule has 3 amide bonds. The van der Waals surface area contributed by atoms with Gasteiger partial charge in [-0.1, -0.05) is 43.5 Å². The van der Waals surface area contributed by atoms with Gasteiger partial charge in [0.05, 0.1) is 7.11 Å². The second-order valence-corrected chi connectivity index (χ2v) is 9.47. The van der Waals surface area contributed by atoms with Crippen LogP contribution < -0.4 is 9.80 Å². The lowest BCUT2D eigenvalue weighted by atomic mass is 9.94. The van der Waals surface area contributed by atoms with Crippen molar-refractivity contribution in [2.24, 2.45) is 0 Å². The first-order valence-corrected chi connectivity index (χ1v) is 12.4. The monoisotopic (exact) mass is 479 g/mol. The van der Waals surface area contributed by atoms with E-state index in [1.807, 2.05) is 29.2 Å². The number of para-hydroxylation sites is 1. The Balaban J connectivity index is 1.59. The molecule has 1 saturated carbocycles. The van der Waals surface area contributed by atoms with Crippen molar-refractivity contribution in [1.82, 2.24) is 4.90 Å². The Hall–Kier alpha value is -3.42. The number of ether oxygens (including phenoxy) is 1. The lowest BCUT2D eigenvalue weighted by Gasteiger charge is -2.35. The fourth-order valence-electron chi connectivity index (χ4n) is 5.84. The van der Waals surface area contributed by atoms with Crippen molar-refractivity contribution < 1.29 is 23.5 Å². The number of benzene rings is 2. The Labute approximate surface area is 204 Å². The third-order valence-corrected chi connectivity index (χ3v) is 7.43.